The highest BCUT2D eigenvalue weighted by Crippen LogP contribution is 2.18. The second kappa shape index (κ2) is 18.9. The van der Waals surface area contributed by atoms with Gasteiger partial charge in [0, 0.05) is 31.0 Å². The smallest absolute Gasteiger partial charge is 0.323 e. The Morgan fingerprint density at radius 1 is 0.763 bits per heavy atom. The standard InChI is InChI=1S/C17H27NO3.C13H12N2O.ClH/c1-2-3-12-20-16-5-7-17(8-6-16)21-13-4-9-18-10-14-19-15-11-18;16-13(14-11-7-3-1-4-8-11)15-12-9-5-2-6-10-12;/h5-8H,2-4,9-15H2,1H3;1-10H,(H2,14,15,16);1H. The molecule has 206 valence electrons. The normalized spacial score (nSPS) is 12.8. The van der Waals surface area contributed by atoms with E-state index in [4.69, 9.17) is 14.2 Å². The first-order valence-corrected chi connectivity index (χ1v) is 13.1. The highest BCUT2D eigenvalue weighted by Gasteiger charge is 2.09. The molecule has 1 aliphatic rings. The minimum absolute atomic E-state index is 0. The summed E-state index contributed by atoms with van der Waals surface area (Å²) in [6.07, 6.45) is 3.30. The largest absolute Gasteiger partial charge is 0.494 e. The first kappa shape index (κ1) is 31.0. The highest BCUT2D eigenvalue weighted by molar-refractivity contribution is 5.99. The zero-order chi connectivity index (χ0) is 26.0. The Balaban J connectivity index is 0.000000269. The van der Waals surface area contributed by atoms with Gasteiger partial charge in [0.1, 0.15) is 11.5 Å². The fraction of sp³-hybridized carbons (Fsp3) is 0.367. The predicted octanol–water partition coefficient (Wildman–Crippen LogP) is 6.72. The minimum Gasteiger partial charge on any atom is -0.494 e. The van der Waals surface area contributed by atoms with Crippen LogP contribution in [0.3, 0.4) is 0 Å². The van der Waals surface area contributed by atoms with Crippen LogP contribution < -0.4 is 20.1 Å². The molecule has 2 amide bonds. The number of anilines is 2. The van der Waals surface area contributed by atoms with Crippen molar-refractivity contribution in [3.63, 3.8) is 0 Å². The molecule has 1 aliphatic heterocycles. The topological polar surface area (TPSA) is 72.1 Å². The zero-order valence-corrected chi connectivity index (χ0v) is 23.0. The maximum atomic E-state index is 11.6. The molecule has 1 saturated heterocycles. The monoisotopic (exact) mass is 541 g/mol. The van der Waals surface area contributed by atoms with Gasteiger partial charge in [-0.05, 0) is 61.4 Å². The van der Waals surface area contributed by atoms with Gasteiger partial charge in [0.05, 0.1) is 26.4 Å². The average molecular weight is 542 g/mol. The van der Waals surface area contributed by atoms with Crippen LogP contribution in [0.1, 0.15) is 26.2 Å². The Kier molecular flexibility index (Phi) is 15.4. The number of nitrogens with zero attached hydrogens (tertiary/aromatic N) is 1. The van der Waals surface area contributed by atoms with Crippen molar-refractivity contribution in [1.82, 2.24) is 4.90 Å². The van der Waals surface area contributed by atoms with E-state index in [2.05, 4.69) is 22.5 Å². The molecule has 0 spiro atoms. The molecule has 1 fully saturated rings. The second-order valence-corrected chi connectivity index (χ2v) is 8.64. The Morgan fingerprint density at radius 2 is 1.24 bits per heavy atom. The molecule has 0 atom stereocenters. The van der Waals surface area contributed by atoms with E-state index in [9.17, 15) is 4.79 Å². The van der Waals surface area contributed by atoms with E-state index >= 15 is 0 Å². The molecule has 38 heavy (non-hydrogen) atoms. The van der Waals surface area contributed by atoms with Gasteiger partial charge in [-0.1, -0.05) is 49.7 Å². The number of carbonyl (C=O) groups is 1. The van der Waals surface area contributed by atoms with Gasteiger partial charge in [-0.3, -0.25) is 4.90 Å². The molecule has 4 rings (SSSR count). The molecule has 2 N–H and O–H groups in total. The minimum atomic E-state index is -0.239. The SMILES string of the molecule is CCCCOc1ccc(OCCCN2CCOCC2)cc1.Cl.O=C(Nc1ccccc1)Nc1ccccc1. The van der Waals surface area contributed by atoms with Crippen LogP contribution in [-0.4, -0.2) is 57.0 Å². The summed E-state index contributed by atoms with van der Waals surface area (Å²) in [4.78, 5) is 14.0. The molecule has 3 aromatic rings. The summed E-state index contributed by atoms with van der Waals surface area (Å²) in [5, 5.41) is 5.48. The van der Waals surface area contributed by atoms with Crippen molar-refractivity contribution in [2.75, 3.05) is 56.7 Å². The van der Waals surface area contributed by atoms with Gasteiger partial charge in [-0.15, -0.1) is 12.4 Å². The third kappa shape index (κ3) is 12.8. The molecule has 1 heterocycles. The molecular weight excluding hydrogens is 502 g/mol. The summed E-state index contributed by atoms with van der Waals surface area (Å²) < 4.78 is 16.7. The van der Waals surface area contributed by atoms with Crippen molar-refractivity contribution in [2.45, 2.75) is 26.2 Å². The molecule has 8 heteroatoms. The molecule has 0 unspecified atom stereocenters. The van der Waals surface area contributed by atoms with Gasteiger partial charge < -0.3 is 24.8 Å². The van der Waals surface area contributed by atoms with Gasteiger partial charge in [0.15, 0.2) is 0 Å². The highest BCUT2D eigenvalue weighted by atomic mass is 35.5. The van der Waals surface area contributed by atoms with E-state index in [1.807, 2.05) is 84.9 Å². The van der Waals surface area contributed by atoms with Gasteiger partial charge in [-0.2, -0.15) is 0 Å². The number of para-hydroxylation sites is 2. The number of halogens is 1. The van der Waals surface area contributed by atoms with Crippen molar-refractivity contribution in [3.8, 4) is 11.5 Å². The number of ether oxygens (including phenoxy) is 3. The van der Waals surface area contributed by atoms with Crippen LogP contribution in [0, 0.1) is 0 Å². The van der Waals surface area contributed by atoms with Crippen LogP contribution in [-0.2, 0) is 4.74 Å². The fourth-order valence-corrected chi connectivity index (χ4v) is 3.61. The predicted molar refractivity (Wildman–Crippen MR) is 157 cm³/mol. The van der Waals surface area contributed by atoms with E-state index in [1.54, 1.807) is 0 Å². The van der Waals surface area contributed by atoms with E-state index in [0.29, 0.717) is 0 Å². The lowest BCUT2D eigenvalue weighted by Gasteiger charge is -2.26. The van der Waals surface area contributed by atoms with Gasteiger partial charge in [-0.25, -0.2) is 4.79 Å². The molecule has 3 aromatic carbocycles. The third-order valence-corrected chi connectivity index (χ3v) is 5.64. The van der Waals surface area contributed by atoms with Crippen LogP contribution in [0.5, 0.6) is 11.5 Å². The van der Waals surface area contributed by atoms with Crippen molar-refractivity contribution >= 4 is 29.8 Å². The summed E-state index contributed by atoms with van der Waals surface area (Å²) in [6, 6.07) is 26.3. The number of unbranched alkanes of at least 4 members (excludes halogenated alkanes) is 1. The Morgan fingerprint density at radius 3 is 1.71 bits per heavy atom. The van der Waals surface area contributed by atoms with E-state index in [-0.39, 0.29) is 18.4 Å². The van der Waals surface area contributed by atoms with E-state index < -0.39 is 0 Å². The summed E-state index contributed by atoms with van der Waals surface area (Å²) in [5.41, 5.74) is 1.55. The van der Waals surface area contributed by atoms with Gasteiger partial charge in [0.25, 0.3) is 0 Å². The number of hydrogen-bond acceptors (Lipinski definition) is 5. The molecule has 0 radical (unpaired) electrons. The number of morpholine rings is 1. The number of nitrogens with one attached hydrogen (secondary N) is 2. The van der Waals surface area contributed by atoms with E-state index in [0.717, 1.165) is 88.2 Å². The number of hydrogen-bond donors (Lipinski definition) is 2. The molecule has 0 bridgehead atoms. The zero-order valence-electron chi connectivity index (χ0n) is 22.1. The maximum absolute atomic E-state index is 11.6. The number of rotatable bonds is 11. The Labute approximate surface area is 232 Å². The van der Waals surface area contributed by atoms with Crippen molar-refractivity contribution < 1.29 is 19.0 Å². The van der Waals surface area contributed by atoms with Crippen LogP contribution in [0.2, 0.25) is 0 Å². The Hall–Kier alpha value is -3.26. The van der Waals surface area contributed by atoms with Crippen molar-refractivity contribution in [3.05, 3.63) is 84.9 Å². The van der Waals surface area contributed by atoms with Gasteiger partial charge in [0.2, 0.25) is 0 Å². The Bertz CT molecular complexity index is 958. The molecule has 0 aromatic heterocycles. The second-order valence-electron chi connectivity index (χ2n) is 8.64. The number of benzene rings is 3. The lowest BCUT2D eigenvalue weighted by molar-refractivity contribution is 0.0358. The average Bonchev–Trinajstić information content (AvgIpc) is 2.94. The summed E-state index contributed by atoms with van der Waals surface area (Å²) in [7, 11) is 0. The summed E-state index contributed by atoms with van der Waals surface area (Å²) in [5.74, 6) is 1.84. The third-order valence-electron chi connectivity index (χ3n) is 5.64. The molecule has 7 nitrogen and oxygen atoms in total. The molecular formula is C30H40ClN3O4. The molecule has 0 aliphatic carbocycles. The first-order chi connectivity index (χ1) is 18.2. The molecule has 0 saturated carbocycles. The van der Waals surface area contributed by atoms with Gasteiger partial charge >= 0.3 is 6.03 Å². The van der Waals surface area contributed by atoms with Crippen LogP contribution in [0.25, 0.3) is 0 Å². The summed E-state index contributed by atoms with van der Waals surface area (Å²) >= 11 is 0. The first-order valence-electron chi connectivity index (χ1n) is 13.1. The van der Waals surface area contributed by atoms with E-state index in [1.165, 1.54) is 0 Å². The van der Waals surface area contributed by atoms with Crippen molar-refractivity contribution in [2.24, 2.45) is 0 Å². The maximum Gasteiger partial charge on any atom is 0.323 e. The van der Waals surface area contributed by atoms with Crippen LogP contribution >= 0.6 is 12.4 Å². The lowest BCUT2D eigenvalue weighted by atomic mass is 10.3. The number of urea groups is 1. The van der Waals surface area contributed by atoms with Crippen LogP contribution in [0.15, 0.2) is 84.9 Å². The fourth-order valence-electron chi connectivity index (χ4n) is 3.61. The summed E-state index contributed by atoms with van der Waals surface area (Å²) in [6.45, 7) is 8.61. The van der Waals surface area contributed by atoms with Crippen molar-refractivity contribution in [1.29, 1.82) is 0 Å². The quantitative estimate of drug-likeness (QED) is 0.264. The number of carbonyl (C=O) groups excluding carboxylic acids is 1. The lowest BCUT2D eigenvalue weighted by Crippen LogP contribution is -2.37. The van der Waals surface area contributed by atoms with Crippen LogP contribution in [0.4, 0.5) is 16.2 Å². The number of amides is 2.